The molecule has 0 bridgehead atoms. The molecule has 1 atom stereocenters. The van der Waals surface area contributed by atoms with Gasteiger partial charge in [0.25, 0.3) is 5.91 Å². The van der Waals surface area contributed by atoms with Gasteiger partial charge in [0.15, 0.2) is 0 Å². The van der Waals surface area contributed by atoms with Crippen LogP contribution in [0.2, 0.25) is 0 Å². The lowest BCUT2D eigenvalue weighted by molar-refractivity contribution is -0.137. The number of nitrogens with zero attached hydrogens (tertiary/aromatic N) is 1. The molecule has 5 nitrogen and oxygen atoms in total. The smallest absolute Gasteiger partial charge is 0.305 e. The molecular formula is C20H17FN2O3S. The van der Waals surface area contributed by atoms with Crippen molar-refractivity contribution in [2.45, 2.75) is 19.4 Å². The predicted molar refractivity (Wildman–Crippen MR) is 101 cm³/mol. The van der Waals surface area contributed by atoms with Gasteiger partial charge in [-0.15, -0.1) is 11.3 Å². The van der Waals surface area contributed by atoms with E-state index in [1.165, 1.54) is 29.5 Å². The minimum absolute atomic E-state index is 0.199. The highest BCUT2D eigenvalue weighted by atomic mass is 32.1. The summed E-state index contributed by atoms with van der Waals surface area (Å²) in [4.78, 5) is 28.1. The Bertz CT molecular complexity index is 987. The average molecular weight is 384 g/mol. The molecule has 0 aliphatic rings. The molecule has 7 heteroatoms. The maximum Gasteiger partial charge on any atom is 0.305 e. The van der Waals surface area contributed by atoms with Crippen LogP contribution in [0, 0.1) is 12.7 Å². The van der Waals surface area contributed by atoms with Crippen molar-refractivity contribution in [1.29, 1.82) is 0 Å². The Balaban J connectivity index is 1.82. The predicted octanol–water partition coefficient (Wildman–Crippen LogP) is 4.20. The molecule has 3 aromatic rings. The SMILES string of the molecule is Cc1ccccc1-c1nc(C(=O)N[C@@H](CC(=O)O)c2cccc(F)c2)cs1. The second-order valence-corrected chi connectivity index (χ2v) is 6.89. The van der Waals surface area contributed by atoms with Gasteiger partial charge in [-0.3, -0.25) is 9.59 Å². The quantitative estimate of drug-likeness (QED) is 0.667. The number of aliphatic carboxylic acids is 1. The number of aryl methyl sites for hydroxylation is 1. The molecular weight excluding hydrogens is 367 g/mol. The molecule has 0 saturated carbocycles. The Kier molecular flexibility index (Phi) is 5.61. The third-order valence-electron chi connectivity index (χ3n) is 4.05. The lowest BCUT2D eigenvalue weighted by Gasteiger charge is -2.17. The fraction of sp³-hybridized carbons (Fsp3) is 0.150. The van der Waals surface area contributed by atoms with Gasteiger partial charge >= 0.3 is 5.97 Å². The maximum absolute atomic E-state index is 13.5. The van der Waals surface area contributed by atoms with Crippen molar-refractivity contribution >= 4 is 23.2 Å². The van der Waals surface area contributed by atoms with E-state index < -0.39 is 23.7 Å². The summed E-state index contributed by atoms with van der Waals surface area (Å²) in [6.07, 6.45) is -0.357. The monoisotopic (exact) mass is 384 g/mol. The molecule has 27 heavy (non-hydrogen) atoms. The minimum Gasteiger partial charge on any atom is -0.481 e. The number of nitrogens with one attached hydrogen (secondary N) is 1. The molecule has 0 aliphatic carbocycles. The van der Waals surface area contributed by atoms with Crippen LogP contribution in [0.5, 0.6) is 0 Å². The van der Waals surface area contributed by atoms with Crippen LogP contribution in [0.15, 0.2) is 53.9 Å². The number of benzene rings is 2. The first kappa shape index (κ1) is 18.7. The zero-order chi connectivity index (χ0) is 19.4. The summed E-state index contributed by atoms with van der Waals surface area (Å²) < 4.78 is 13.5. The Labute approximate surface area is 159 Å². The van der Waals surface area contributed by atoms with Gasteiger partial charge in [-0.2, -0.15) is 0 Å². The number of rotatable bonds is 6. The van der Waals surface area contributed by atoms with Gasteiger partial charge < -0.3 is 10.4 Å². The van der Waals surface area contributed by atoms with Crippen LogP contribution >= 0.6 is 11.3 Å². The highest BCUT2D eigenvalue weighted by molar-refractivity contribution is 7.13. The molecule has 0 saturated heterocycles. The van der Waals surface area contributed by atoms with Crippen molar-refractivity contribution in [1.82, 2.24) is 10.3 Å². The molecule has 138 valence electrons. The van der Waals surface area contributed by atoms with E-state index in [1.54, 1.807) is 11.4 Å². The maximum atomic E-state index is 13.5. The summed E-state index contributed by atoms with van der Waals surface area (Å²) in [6, 6.07) is 12.4. The van der Waals surface area contributed by atoms with E-state index in [9.17, 15) is 14.0 Å². The van der Waals surface area contributed by atoms with Gasteiger partial charge in [-0.25, -0.2) is 9.37 Å². The summed E-state index contributed by atoms with van der Waals surface area (Å²) in [6.45, 7) is 1.96. The van der Waals surface area contributed by atoms with E-state index >= 15 is 0 Å². The molecule has 0 fully saturated rings. The number of carboxylic acid groups (broad SMARTS) is 1. The summed E-state index contributed by atoms with van der Waals surface area (Å²) in [5.41, 5.74) is 2.57. The molecule has 1 heterocycles. The molecule has 0 spiro atoms. The van der Waals surface area contributed by atoms with Crippen LogP contribution < -0.4 is 5.32 Å². The van der Waals surface area contributed by atoms with E-state index in [4.69, 9.17) is 5.11 Å². The van der Waals surface area contributed by atoms with Crippen molar-refractivity contribution < 1.29 is 19.1 Å². The number of halogens is 1. The van der Waals surface area contributed by atoms with Crippen molar-refractivity contribution in [2.24, 2.45) is 0 Å². The van der Waals surface area contributed by atoms with E-state index in [1.807, 2.05) is 31.2 Å². The Morgan fingerprint density at radius 3 is 2.70 bits per heavy atom. The molecule has 2 N–H and O–H groups in total. The first-order valence-corrected chi connectivity index (χ1v) is 9.11. The van der Waals surface area contributed by atoms with Crippen LogP contribution in [0.25, 0.3) is 10.6 Å². The number of amides is 1. The van der Waals surface area contributed by atoms with Crippen LogP contribution in [-0.4, -0.2) is 22.0 Å². The fourth-order valence-electron chi connectivity index (χ4n) is 2.70. The van der Waals surface area contributed by atoms with Gasteiger partial charge in [0.05, 0.1) is 12.5 Å². The Hall–Kier alpha value is -3.06. The molecule has 3 rings (SSSR count). The first-order valence-electron chi connectivity index (χ1n) is 8.23. The highest BCUT2D eigenvalue weighted by Crippen LogP contribution is 2.27. The van der Waals surface area contributed by atoms with Gasteiger partial charge in [-0.05, 0) is 30.2 Å². The number of thiazole rings is 1. The lowest BCUT2D eigenvalue weighted by atomic mass is 10.0. The number of hydrogen-bond acceptors (Lipinski definition) is 4. The van der Waals surface area contributed by atoms with Gasteiger partial charge in [-0.1, -0.05) is 36.4 Å². The van der Waals surface area contributed by atoms with Crippen LogP contribution in [0.3, 0.4) is 0 Å². The second kappa shape index (κ2) is 8.09. The topological polar surface area (TPSA) is 79.3 Å². The number of carbonyl (C=O) groups is 2. The van der Waals surface area contributed by atoms with Crippen molar-refractivity contribution in [3.05, 3.63) is 76.5 Å². The fourth-order valence-corrected chi connectivity index (χ4v) is 3.59. The number of carboxylic acids is 1. The zero-order valence-electron chi connectivity index (χ0n) is 14.5. The normalized spacial score (nSPS) is 11.8. The van der Waals surface area contributed by atoms with Gasteiger partial charge in [0.2, 0.25) is 0 Å². The molecule has 2 aromatic carbocycles. The van der Waals surface area contributed by atoms with E-state index in [0.29, 0.717) is 10.6 Å². The van der Waals surface area contributed by atoms with Crippen LogP contribution in [0.1, 0.15) is 34.1 Å². The minimum atomic E-state index is -1.09. The molecule has 0 aliphatic heterocycles. The van der Waals surface area contributed by atoms with E-state index in [-0.39, 0.29) is 12.1 Å². The van der Waals surface area contributed by atoms with Crippen LogP contribution in [0.4, 0.5) is 4.39 Å². The zero-order valence-corrected chi connectivity index (χ0v) is 15.3. The van der Waals surface area contributed by atoms with E-state index in [2.05, 4.69) is 10.3 Å². The van der Waals surface area contributed by atoms with Crippen molar-refractivity contribution in [3.8, 4) is 10.6 Å². The number of hydrogen-bond donors (Lipinski definition) is 2. The first-order chi connectivity index (χ1) is 12.9. The molecule has 1 aromatic heterocycles. The molecule has 1 amide bonds. The van der Waals surface area contributed by atoms with Crippen molar-refractivity contribution in [3.63, 3.8) is 0 Å². The third-order valence-corrected chi connectivity index (χ3v) is 4.92. The number of carbonyl (C=O) groups excluding carboxylic acids is 1. The van der Waals surface area contributed by atoms with E-state index in [0.717, 1.165) is 11.1 Å². The largest absolute Gasteiger partial charge is 0.481 e. The Morgan fingerprint density at radius 2 is 2.00 bits per heavy atom. The standard InChI is InChI=1S/C20H17FN2O3S/c1-12-5-2-3-8-15(12)20-23-17(11-27-20)19(26)22-16(10-18(24)25)13-6-4-7-14(21)9-13/h2-9,11,16H,10H2,1H3,(H,22,26)(H,24,25)/t16-/m0/s1. The summed E-state index contributed by atoms with van der Waals surface area (Å²) in [7, 11) is 0. The molecule has 0 unspecified atom stereocenters. The van der Waals surface area contributed by atoms with Crippen LogP contribution in [-0.2, 0) is 4.79 Å². The summed E-state index contributed by atoms with van der Waals surface area (Å²) in [5, 5.41) is 14.1. The third kappa shape index (κ3) is 4.57. The Morgan fingerprint density at radius 1 is 1.22 bits per heavy atom. The second-order valence-electron chi connectivity index (χ2n) is 6.03. The lowest BCUT2D eigenvalue weighted by Crippen LogP contribution is -2.30. The van der Waals surface area contributed by atoms with Gasteiger partial charge in [0.1, 0.15) is 16.5 Å². The number of aromatic nitrogens is 1. The average Bonchev–Trinajstić information content (AvgIpc) is 3.11. The van der Waals surface area contributed by atoms with Gasteiger partial charge in [0, 0.05) is 10.9 Å². The summed E-state index contributed by atoms with van der Waals surface area (Å²) in [5.74, 6) is -2.09. The van der Waals surface area contributed by atoms with Crippen molar-refractivity contribution in [2.75, 3.05) is 0 Å². The highest BCUT2D eigenvalue weighted by Gasteiger charge is 2.21. The summed E-state index contributed by atoms with van der Waals surface area (Å²) >= 11 is 1.34. The molecule has 0 radical (unpaired) electrons.